The smallest absolute Gasteiger partial charge is 0.0723 e. The topological polar surface area (TPSA) is 29.5 Å². The first kappa shape index (κ1) is 18.3. The summed E-state index contributed by atoms with van der Waals surface area (Å²) in [5.41, 5.74) is 0. The molecule has 2 heteroatoms. The zero-order valence-corrected chi connectivity index (χ0v) is 12.4. The van der Waals surface area contributed by atoms with Gasteiger partial charge in [-0.05, 0) is 30.8 Å². The second-order valence-electron chi connectivity index (χ2n) is 4.15. The molecule has 0 aliphatic rings. The van der Waals surface area contributed by atoms with E-state index >= 15 is 0 Å². The quantitative estimate of drug-likeness (QED) is 0.417. The van der Waals surface area contributed by atoms with Gasteiger partial charge in [0.25, 0.3) is 0 Å². The molecule has 0 radical (unpaired) electrons. The van der Waals surface area contributed by atoms with Crippen molar-refractivity contribution in [2.75, 3.05) is 13.7 Å². The van der Waals surface area contributed by atoms with Crippen molar-refractivity contribution in [3.8, 4) is 23.7 Å². The summed E-state index contributed by atoms with van der Waals surface area (Å²) < 4.78 is 4.92. The maximum atomic E-state index is 9.44. The van der Waals surface area contributed by atoms with E-state index in [1.807, 2.05) is 24.3 Å². The lowest BCUT2D eigenvalue weighted by Crippen LogP contribution is -1.99. The van der Waals surface area contributed by atoms with Crippen molar-refractivity contribution in [3.05, 3.63) is 36.5 Å². The molecule has 0 saturated carbocycles. The van der Waals surface area contributed by atoms with Gasteiger partial charge in [0.2, 0.25) is 0 Å². The minimum atomic E-state index is -0.346. The zero-order chi connectivity index (χ0) is 14.9. The molecule has 0 aliphatic carbocycles. The summed E-state index contributed by atoms with van der Waals surface area (Å²) in [5, 5.41) is 9.44. The van der Waals surface area contributed by atoms with E-state index in [0.29, 0.717) is 0 Å². The highest BCUT2D eigenvalue weighted by Gasteiger charge is 1.92. The van der Waals surface area contributed by atoms with Crippen LogP contribution in [0.5, 0.6) is 0 Å². The highest BCUT2D eigenvalue weighted by Crippen LogP contribution is 1.97. The summed E-state index contributed by atoms with van der Waals surface area (Å²) in [6.07, 6.45) is 14.2. The van der Waals surface area contributed by atoms with Gasteiger partial charge in [-0.1, -0.05) is 55.6 Å². The Morgan fingerprint density at radius 3 is 2.70 bits per heavy atom. The lowest BCUT2D eigenvalue weighted by Gasteiger charge is -1.99. The Hall–Kier alpha value is -1.74. The molecule has 108 valence electrons. The summed E-state index contributed by atoms with van der Waals surface area (Å²) in [6.45, 7) is 2.79. The largest absolute Gasteiger partial charge is 0.389 e. The van der Waals surface area contributed by atoms with Gasteiger partial charge in [0.1, 0.15) is 0 Å². The van der Waals surface area contributed by atoms with Crippen LogP contribution in [0.4, 0.5) is 0 Å². The molecule has 0 saturated heterocycles. The zero-order valence-electron chi connectivity index (χ0n) is 12.4. The molecule has 0 aliphatic heterocycles. The van der Waals surface area contributed by atoms with Crippen LogP contribution < -0.4 is 0 Å². The number of hydrogen-bond donors (Lipinski definition) is 1. The van der Waals surface area contributed by atoms with Crippen LogP contribution in [0.2, 0.25) is 0 Å². The van der Waals surface area contributed by atoms with Crippen molar-refractivity contribution >= 4 is 0 Å². The fourth-order valence-electron chi connectivity index (χ4n) is 1.31. The van der Waals surface area contributed by atoms with Crippen molar-refractivity contribution in [2.24, 2.45) is 0 Å². The lowest BCUT2D eigenvalue weighted by atomic mass is 10.2. The van der Waals surface area contributed by atoms with Gasteiger partial charge in [-0.3, -0.25) is 0 Å². The van der Waals surface area contributed by atoms with Crippen LogP contribution in [0.25, 0.3) is 0 Å². The van der Waals surface area contributed by atoms with E-state index in [4.69, 9.17) is 4.74 Å². The second-order valence-corrected chi connectivity index (χ2v) is 4.15. The Morgan fingerprint density at radius 1 is 1.15 bits per heavy atom. The van der Waals surface area contributed by atoms with E-state index in [-0.39, 0.29) is 6.10 Å². The van der Waals surface area contributed by atoms with E-state index in [2.05, 4.69) is 30.6 Å². The predicted molar refractivity (Wildman–Crippen MR) is 85.0 cm³/mol. The number of ether oxygens (including phenoxy) is 1. The van der Waals surface area contributed by atoms with E-state index in [9.17, 15) is 5.11 Å². The first-order chi connectivity index (χ1) is 9.81. The molecule has 0 bridgehead atoms. The fraction of sp³-hybridized carbons (Fsp3) is 0.444. The van der Waals surface area contributed by atoms with Crippen molar-refractivity contribution in [3.63, 3.8) is 0 Å². The molecular weight excluding hydrogens is 248 g/mol. The number of allylic oxidation sites excluding steroid dienone is 5. The van der Waals surface area contributed by atoms with Gasteiger partial charge >= 0.3 is 0 Å². The Kier molecular flexibility index (Phi) is 14.0. The molecule has 0 spiro atoms. The first-order valence-electron chi connectivity index (χ1n) is 6.96. The van der Waals surface area contributed by atoms with Gasteiger partial charge in [-0.2, -0.15) is 0 Å². The van der Waals surface area contributed by atoms with Crippen LogP contribution in [0, 0.1) is 23.7 Å². The number of aliphatic hydroxyl groups excluding tert-OH is 1. The molecule has 0 fully saturated rings. The van der Waals surface area contributed by atoms with Gasteiger partial charge in [0.05, 0.1) is 6.10 Å². The maximum Gasteiger partial charge on any atom is 0.0723 e. The summed E-state index contributed by atoms with van der Waals surface area (Å²) in [4.78, 5) is 0. The van der Waals surface area contributed by atoms with Gasteiger partial charge in [-0.15, -0.1) is 0 Å². The molecule has 0 rings (SSSR count). The number of hydrogen-bond acceptors (Lipinski definition) is 2. The fourth-order valence-corrected chi connectivity index (χ4v) is 1.31. The van der Waals surface area contributed by atoms with Crippen molar-refractivity contribution < 1.29 is 9.84 Å². The molecule has 0 heterocycles. The summed E-state index contributed by atoms with van der Waals surface area (Å²) in [6, 6.07) is 0. The highest BCUT2D eigenvalue weighted by molar-refractivity contribution is 5.32. The number of aliphatic hydroxyl groups is 1. The Morgan fingerprint density at radius 2 is 1.95 bits per heavy atom. The first-order valence-corrected chi connectivity index (χ1v) is 6.96. The normalized spacial score (nSPS) is 12.3. The summed E-state index contributed by atoms with van der Waals surface area (Å²) in [5.74, 6) is 11.3. The summed E-state index contributed by atoms with van der Waals surface area (Å²) in [7, 11) is 1.69. The van der Waals surface area contributed by atoms with Crippen LogP contribution >= 0.6 is 0 Å². The lowest BCUT2D eigenvalue weighted by molar-refractivity contribution is 0.196. The molecule has 0 unspecified atom stereocenters. The van der Waals surface area contributed by atoms with E-state index in [0.717, 1.165) is 32.3 Å². The van der Waals surface area contributed by atoms with Gasteiger partial charge < -0.3 is 9.84 Å². The number of unbranched alkanes of at least 4 members (excludes halogenated alkanes) is 1. The van der Waals surface area contributed by atoms with Crippen LogP contribution in [0.3, 0.4) is 0 Å². The average molecular weight is 272 g/mol. The molecular formula is C18H24O2. The van der Waals surface area contributed by atoms with Crippen molar-refractivity contribution in [2.45, 2.75) is 38.7 Å². The van der Waals surface area contributed by atoms with Crippen molar-refractivity contribution in [1.29, 1.82) is 0 Å². The molecule has 0 aromatic carbocycles. The minimum Gasteiger partial charge on any atom is -0.389 e. The third kappa shape index (κ3) is 14.3. The van der Waals surface area contributed by atoms with E-state index in [1.165, 1.54) is 0 Å². The highest BCUT2D eigenvalue weighted by atomic mass is 16.5. The second kappa shape index (κ2) is 15.3. The molecule has 1 atom stereocenters. The average Bonchev–Trinajstić information content (AvgIpc) is 2.44. The maximum absolute atomic E-state index is 9.44. The number of rotatable bonds is 8. The third-order valence-corrected chi connectivity index (χ3v) is 2.30. The molecule has 1 N–H and O–H groups in total. The predicted octanol–water partition coefficient (Wildman–Crippen LogP) is 3.25. The monoisotopic (exact) mass is 272 g/mol. The van der Waals surface area contributed by atoms with Crippen LogP contribution in [0.1, 0.15) is 32.6 Å². The van der Waals surface area contributed by atoms with E-state index < -0.39 is 0 Å². The van der Waals surface area contributed by atoms with Crippen molar-refractivity contribution in [1.82, 2.24) is 0 Å². The molecule has 20 heavy (non-hydrogen) atoms. The molecule has 0 aromatic heterocycles. The van der Waals surface area contributed by atoms with Gasteiger partial charge in [0.15, 0.2) is 0 Å². The standard InChI is InChI=1S/C18H24O2/c1-3-15-18(19)16-13-11-9-7-5-4-6-8-10-12-14-17-20-2/h5,7,9,11,13,16,18-19H,3,12,14-15,17H2,1-2H3/b7-5+,11-9+,16-13+/t18-/m1/s1. The van der Waals surface area contributed by atoms with Crippen LogP contribution in [-0.4, -0.2) is 24.9 Å². The Balaban J connectivity index is 3.80. The molecule has 0 amide bonds. The summed E-state index contributed by atoms with van der Waals surface area (Å²) >= 11 is 0. The third-order valence-electron chi connectivity index (χ3n) is 2.30. The van der Waals surface area contributed by atoms with Crippen LogP contribution in [0.15, 0.2) is 36.5 Å². The Bertz CT molecular complexity index is 422. The Labute approximate surface area is 123 Å². The van der Waals surface area contributed by atoms with E-state index in [1.54, 1.807) is 19.3 Å². The van der Waals surface area contributed by atoms with Gasteiger partial charge in [0, 0.05) is 20.1 Å². The SMILES string of the molecule is CCC[C@@H](O)/C=C/C=C/C=C/C#CC#CCCCOC. The number of methoxy groups -OCH3 is 1. The molecule has 0 aromatic rings. The van der Waals surface area contributed by atoms with Gasteiger partial charge in [-0.25, -0.2) is 0 Å². The minimum absolute atomic E-state index is 0.346. The molecule has 2 nitrogen and oxygen atoms in total. The van der Waals surface area contributed by atoms with Crippen LogP contribution in [-0.2, 0) is 4.74 Å².